The van der Waals surface area contributed by atoms with Crippen molar-refractivity contribution >= 4 is 11.8 Å². The zero-order chi connectivity index (χ0) is 21.8. The van der Waals surface area contributed by atoms with E-state index < -0.39 is 0 Å². The molecule has 0 radical (unpaired) electrons. The number of nitrogens with one attached hydrogen (secondary N) is 1. The zero-order valence-corrected chi connectivity index (χ0v) is 17.5. The van der Waals surface area contributed by atoms with E-state index in [1.807, 2.05) is 0 Å². The molecule has 162 valence electrons. The standard InChI is InChI=1S/C20H24N8O3/c1-13-23-17(26-31-13)6-9-27(2)20(30)19-15-5-10-28(12-16(15)24-25-19)18(29)4-3-14-11-21-7-8-22-14/h7-8,11H,3-6,9-10,12H2,1-2H3,(H,24,25). The first-order valence-corrected chi connectivity index (χ1v) is 10.1. The van der Waals surface area contributed by atoms with Crippen molar-refractivity contribution < 1.29 is 14.1 Å². The summed E-state index contributed by atoms with van der Waals surface area (Å²) in [6, 6.07) is 0. The van der Waals surface area contributed by atoms with Crippen molar-refractivity contribution in [3.63, 3.8) is 0 Å². The van der Waals surface area contributed by atoms with E-state index >= 15 is 0 Å². The van der Waals surface area contributed by atoms with Crippen molar-refractivity contribution in [3.05, 3.63) is 53.0 Å². The SMILES string of the molecule is Cc1nc(CCN(C)C(=O)c2n[nH]c3c2CCN(C(=O)CCc2cnccn2)C3)no1. The van der Waals surface area contributed by atoms with Crippen molar-refractivity contribution in [2.24, 2.45) is 0 Å². The second-order valence-electron chi connectivity index (χ2n) is 7.50. The Labute approximate surface area is 178 Å². The van der Waals surface area contributed by atoms with Crippen LogP contribution in [0.5, 0.6) is 0 Å². The highest BCUT2D eigenvalue weighted by Gasteiger charge is 2.28. The van der Waals surface area contributed by atoms with Gasteiger partial charge in [0.05, 0.1) is 17.9 Å². The monoisotopic (exact) mass is 424 g/mol. The Balaban J connectivity index is 1.33. The van der Waals surface area contributed by atoms with Crippen molar-refractivity contribution in [1.29, 1.82) is 0 Å². The van der Waals surface area contributed by atoms with Crippen molar-refractivity contribution in [2.75, 3.05) is 20.1 Å². The number of aromatic nitrogens is 6. The van der Waals surface area contributed by atoms with Gasteiger partial charge in [0.1, 0.15) is 0 Å². The zero-order valence-electron chi connectivity index (χ0n) is 17.5. The van der Waals surface area contributed by atoms with Gasteiger partial charge in [-0.2, -0.15) is 10.1 Å². The number of aryl methyl sites for hydroxylation is 2. The number of H-pyrrole nitrogens is 1. The second-order valence-corrected chi connectivity index (χ2v) is 7.50. The van der Waals surface area contributed by atoms with Gasteiger partial charge < -0.3 is 14.3 Å². The summed E-state index contributed by atoms with van der Waals surface area (Å²) < 4.78 is 4.96. The van der Waals surface area contributed by atoms with E-state index in [4.69, 9.17) is 4.52 Å². The Morgan fingerprint density at radius 2 is 2.16 bits per heavy atom. The summed E-state index contributed by atoms with van der Waals surface area (Å²) in [6.45, 7) is 3.15. The van der Waals surface area contributed by atoms with Crippen LogP contribution in [0.2, 0.25) is 0 Å². The number of aromatic amines is 1. The van der Waals surface area contributed by atoms with Crippen molar-refractivity contribution in [2.45, 2.75) is 39.2 Å². The van der Waals surface area contributed by atoms with Gasteiger partial charge in [-0.1, -0.05) is 5.16 Å². The Morgan fingerprint density at radius 3 is 2.90 bits per heavy atom. The largest absolute Gasteiger partial charge is 0.340 e. The lowest BCUT2D eigenvalue weighted by atomic mass is 10.0. The van der Waals surface area contributed by atoms with E-state index in [0.717, 1.165) is 17.0 Å². The molecule has 0 aromatic carbocycles. The van der Waals surface area contributed by atoms with Crippen LogP contribution in [0.1, 0.15) is 45.6 Å². The van der Waals surface area contributed by atoms with Gasteiger partial charge in [-0.25, -0.2) is 0 Å². The van der Waals surface area contributed by atoms with Crippen LogP contribution in [-0.4, -0.2) is 72.1 Å². The third-order valence-corrected chi connectivity index (χ3v) is 5.29. The summed E-state index contributed by atoms with van der Waals surface area (Å²) in [4.78, 5) is 41.2. The second kappa shape index (κ2) is 9.02. The summed E-state index contributed by atoms with van der Waals surface area (Å²) >= 11 is 0. The minimum Gasteiger partial charge on any atom is -0.340 e. The molecule has 3 aromatic rings. The van der Waals surface area contributed by atoms with Gasteiger partial charge in [-0.05, 0) is 12.8 Å². The van der Waals surface area contributed by atoms with Gasteiger partial charge in [-0.15, -0.1) is 0 Å². The third-order valence-electron chi connectivity index (χ3n) is 5.29. The molecule has 4 rings (SSSR count). The normalized spacial score (nSPS) is 13.2. The number of carbonyl (C=O) groups is 2. The first-order chi connectivity index (χ1) is 15.0. The summed E-state index contributed by atoms with van der Waals surface area (Å²) in [5.74, 6) is 0.949. The number of likely N-dealkylation sites (N-methyl/N-ethyl adjacent to an activating group) is 1. The fourth-order valence-electron chi connectivity index (χ4n) is 3.55. The molecule has 0 saturated carbocycles. The molecule has 0 spiro atoms. The van der Waals surface area contributed by atoms with Crippen molar-refractivity contribution in [1.82, 2.24) is 40.1 Å². The van der Waals surface area contributed by atoms with Crippen LogP contribution in [0.3, 0.4) is 0 Å². The quantitative estimate of drug-likeness (QED) is 0.586. The lowest BCUT2D eigenvalue weighted by molar-refractivity contribution is -0.132. The number of carbonyl (C=O) groups excluding carboxylic acids is 2. The highest BCUT2D eigenvalue weighted by Crippen LogP contribution is 2.22. The predicted octanol–water partition coefficient (Wildman–Crippen LogP) is 0.723. The Kier molecular flexibility index (Phi) is 6.01. The smallest absolute Gasteiger partial charge is 0.274 e. The lowest BCUT2D eigenvalue weighted by Crippen LogP contribution is -2.37. The highest BCUT2D eigenvalue weighted by molar-refractivity contribution is 5.94. The molecule has 1 aliphatic rings. The molecule has 0 unspecified atom stereocenters. The lowest BCUT2D eigenvalue weighted by Gasteiger charge is -2.27. The number of hydrogen-bond acceptors (Lipinski definition) is 8. The molecule has 1 N–H and O–H groups in total. The van der Waals surface area contributed by atoms with Crippen LogP contribution >= 0.6 is 0 Å². The summed E-state index contributed by atoms with van der Waals surface area (Å²) in [6.07, 6.45) is 6.90. The van der Waals surface area contributed by atoms with Crippen molar-refractivity contribution in [3.8, 4) is 0 Å². The summed E-state index contributed by atoms with van der Waals surface area (Å²) in [5.41, 5.74) is 2.89. The molecule has 31 heavy (non-hydrogen) atoms. The molecule has 0 aliphatic carbocycles. The molecule has 3 aromatic heterocycles. The van der Waals surface area contributed by atoms with Gasteiger partial charge in [0.15, 0.2) is 11.5 Å². The van der Waals surface area contributed by atoms with Gasteiger partial charge >= 0.3 is 0 Å². The van der Waals surface area contributed by atoms with E-state index in [1.165, 1.54) is 0 Å². The maximum absolute atomic E-state index is 12.9. The van der Waals surface area contributed by atoms with Gasteiger partial charge in [-0.3, -0.25) is 24.7 Å². The van der Waals surface area contributed by atoms with Gasteiger partial charge in [0.25, 0.3) is 5.91 Å². The number of rotatable bonds is 7. The van der Waals surface area contributed by atoms with Crippen LogP contribution in [0.25, 0.3) is 0 Å². The van der Waals surface area contributed by atoms with E-state index in [1.54, 1.807) is 42.4 Å². The Bertz CT molecular complexity index is 1060. The van der Waals surface area contributed by atoms with E-state index in [-0.39, 0.29) is 11.8 Å². The van der Waals surface area contributed by atoms with Crippen LogP contribution < -0.4 is 0 Å². The van der Waals surface area contributed by atoms with Crippen LogP contribution in [0.15, 0.2) is 23.1 Å². The molecule has 2 amide bonds. The highest BCUT2D eigenvalue weighted by atomic mass is 16.5. The molecule has 0 atom stereocenters. The minimum atomic E-state index is -0.167. The van der Waals surface area contributed by atoms with Gasteiger partial charge in [0, 0.05) is 64.1 Å². The maximum atomic E-state index is 12.9. The third kappa shape index (κ3) is 4.76. The molecule has 0 fully saturated rings. The first kappa shape index (κ1) is 20.6. The molecule has 1 aliphatic heterocycles. The topological polar surface area (TPSA) is 134 Å². The molecule has 0 saturated heterocycles. The summed E-state index contributed by atoms with van der Waals surface area (Å²) in [5, 5.41) is 11.0. The van der Waals surface area contributed by atoms with Crippen LogP contribution in [-0.2, 0) is 30.6 Å². The Morgan fingerprint density at radius 1 is 1.29 bits per heavy atom. The molecular formula is C20H24N8O3. The average Bonchev–Trinajstić information content (AvgIpc) is 3.41. The molecule has 11 heteroatoms. The Hall–Kier alpha value is -3.63. The molecule has 0 bridgehead atoms. The number of amides is 2. The molecular weight excluding hydrogens is 400 g/mol. The fraction of sp³-hybridized carbons (Fsp3) is 0.450. The minimum absolute atomic E-state index is 0.0475. The number of hydrogen-bond donors (Lipinski definition) is 1. The van der Waals surface area contributed by atoms with Gasteiger partial charge in [0.2, 0.25) is 11.8 Å². The number of fused-ring (bicyclic) bond motifs is 1. The molecule has 4 heterocycles. The fourth-order valence-corrected chi connectivity index (χ4v) is 3.55. The van der Waals surface area contributed by atoms with E-state index in [0.29, 0.717) is 62.7 Å². The first-order valence-electron chi connectivity index (χ1n) is 10.1. The van der Waals surface area contributed by atoms with Crippen LogP contribution in [0.4, 0.5) is 0 Å². The summed E-state index contributed by atoms with van der Waals surface area (Å²) in [7, 11) is 1.72. The van der Waals surface area contributed by atoms with Crippen LogP contribution in [0, 0.1) is 6.92 Å². The predicted molar refractivity (Wildman–Crippen MR) is 108 cm³/mol. The van der Waals surface area contributed by atoms with E-state index in [2.05, 4.69) is 30.3 Å². The number of nitrogens with zero attached hydrogens (tertiary/aromatic N) is 7. The molecule has 11 nitrogen and oxygen atoms in total. The van der Waals surface area contributed by atoms with E-state index in [9.17, 15) is 9.59 Å². The average molecular weight is 424 g/mol. The maximum Gasteiger partial charge on any atom is 0.274 e.